The Kier molecular flexibility index (Phi) is 5.26. The first kappa shape index (κ1) is 19.5. The Morgan fingerprint density at radius 2 is 1.79 bits per heavy atom. The molecule has 2 bridgehead atoms. The smallest absolute Gasteiger partial charge is 0.462 e. The number of carbonyl (C=O) groups excluding carboxylic acids is 1. The van der Waals surface area contributed by atoms with E-state index in [2.05, 4.69) is 0 Å². The van der Waals surface area contributed by atoms with Crippen LogP contribution in [0, 0.1) is 23.2 Å². The standard InChI is InChI=1S/C15H24F3NO4S/c1-4-14(2,3)13(20)23-12-7-9-5-10(12)6-11(9)8-19-24(21,22)15(16,17)18/h9-12,19H,4-8H2,1-3H3. The first-order valence-corrected chi connectivity index (χ1v) is 9.62. The molecule has 0 amide bonds. The van der Waals surface area contributed by atoms with Crippen LogP contribution in [0.4, 0.5) is 13.2 Å². The van der Waals surface area contributed by atoms with Crippen molar-refractivity contribution in [2.24, 2.45) is 23.2 Å². The second kappa shape index (κ2) is 6.48. The van der Waals surface area contributed by atoms with E-state index in [1.54, 1.807) is 4.72 Å². The number of ether oxygens (including phenoxy) is 1. The number of esters is 1. The summed E-state index contributed by atoms with van der Waals surface area (Å²) in [5, 5.41) is 0. The van der Waals surface area contributed by atoms with Crippen molar-refractivity contribution in [1.29, 1.82) is 0 Å². The molecule has 5 nitrogen and oxygen atoms in total. The van der Waals surface area contributed by atoms with E-state index in [9.17, 15) is 26.4 Å². The molecule has 24 heavy (non-hydrogen) atoms. The number of nitrogens with one attached hydrogen (secondary N) is 1. The number of hydrogen-bond donors (Lipinski definition) is 1. The third-order valence-corrected chi connectivity index (χ3v) is 6.63. The van der Waals surface area contributed by atoms with E-state index in [1.165, 1.54) is 0 Å². The van der Waals surface area contributed by atoms with Crippen molar-refractivity contribution in [2.45, 2.75) is 58.1 Å². The molecule has 2 fully saturated rings. The predicted octanol–water partition coefficient (Wildman–Crippen LogP) is 2.82. The van der Waals surface area contributed by atoms with Crippen molar-refractivity contribution < 1.29 is 31.1 Å². The van der Waals surface area contributed by atoms with Crippen LogP contribution in [0.15, 0.2) is 0 Å². The highest BCUT2D eigenvalue weighted by molar-refractivity contribution is 7.90. The van der Waals surface area contributed by atoms with E-state index < -0.39 is 20.9 Å². The fourth-order valence-electron chi connectivity index (χ4n) is 3.48. The Labute approximate surface area is 140 Å². The van der Waals surface area contributed by atoms with Crippen molar-refractivity contribution in [1.82, 2.24) is 4.72 Å². The Morgan fingerprint density at radius 3 is 2.25 bits per heavy atom. The molecule has 0 radical (unpaired) electrons. The number of halogens is 3. The van der Waals surface area contributed by atoms with Crippen LogP contribution in [0.2, 0.25) is 0 Å². The normalized spacial score (nSPS) is 30.6. The summed E-state index contributed by atoms with van der Waals surface area (Å²) in [7, 11) is -5.29. The van der Waals surface area contributed by atoms with Crippen LogP contribution in [-0.4, -0.2) is 32.5 Å². The first-order valence-electron chi connectivity index (χ1n) is 8.14. The maximum absolute atomic E-state index is 12.3. The van der Waals surface area contributed by atoms with Crippen LogP contribution >= 0.6 is 0 Å². The van der Waals surface area contributed by atoms with Crippen LogP contribution in [0.1, 0.15) is 46.5 Å². The van der Waals surface area contributed by atoms with E-state index in [0.717, 1.165) is 6.42 Å². The van der Waals surface area contributed by atoms with Gasteiger partial charge in [0.05, 0.1) is 5.41 Å². The van der Waals surface area contributed by atoms with Gasteiger partial charge in [-0.3, -0.25) is 4.79 Å². The highest BCUT2D eigenvalue weighted by Crippen LogP contribution is 2.50. The Balaban J connectivity index is 1.86. The number of rotatable bonds is 6. The molecular weight excluding hydrogens is 347 g/mol. The summed E-state index contributed by atoms with van der Waals surface area (Å²) < 4.78 is 66.4. The van der Waals surface area contributed by atoms with Crippen molar-refractivity contribution >= 4 is 16.0 Å². The van der Waals surface area contributed by atoms with Gasteiger partial charge in [0.1, 0.15) is 6.10 Å². The van der Waals surface area contributed by atoms with E-state index in [0.29, 0.717) is 19.3 Å². The van der Waals surface area contributed by atoms with Crippen LogP contribution in [0.5, 0.6) is 0 Å². The van der Waals surface area contributed by atoms with Gasteiger partial charge in [0.25, 0.3) is 0 Å². The molecule has 140 valence electrons. The van der Waals surface area contributed by atoms with Gasteiger partial charge in [-0.25, -0.2) is 13.1 Å². The largest absolute Gasteiger partial charge is 0.511 e. The lowest BCUT2D eigenvalue weighted by atomic mass is 9.86. The highest BCUT2D eigenvalue weighted by Gasteiger charge is 2.50. The minimum absolute atomic E-state index is 0.0912. The van der Waals surface area contributed by atoms with Gasteiger partial charge in [0.2, 0.25) is 0 Å². The molecule has 4 unspecified atom stereocenters. The molecule has 0 heterocycles. The third-order valence-electron chi connectivity index (χ3n) is 5.47. The second-order valence-corrected chi connectivity index (χ2v) is 9.22. The molecule has 2 rings (SSSR count). The second-order valence-electron chi connectivity index (χ2n) is 7.47. The zero-order chi connectivity index (χ0) is 18.3. The fourth-order valence-corrected chi connectivity index (χ4v) is 4.07. The van der Waals surface area contributed by atoms with Crippen LogP contribution < -0.4 is 4.72 Å². The Morgan fingerprint density at radius 1 is 1.17 bits per heavy atom. The summed E-state index contributed by atoms with van der Waals surface area (Å²) in [5.41, 5.74) is -5.84. The quantitative estimate of drug-likeness (QED) is 0.729. The maximum atomic E-state index is 12.3. The average molecular weight is 371 g/mol. The molecule has 2 aliphatic carbocycles. The molecule has 2 saturated carbocycles. The van der Waals surface area contributed by atoms with Gasteiger partial charge in [0.15, 0.2) is 0 Å². The van der Waals surface area contributed by atoms with Gasteiger partial charge in [-0.2, -0.15) is 13.2 Å². The molecule has 9 heteroatoms. The maximum Gasteiger partial charge on any atom is 0.511 e. The number of alkyl halides is 3. The zero-order valence-electron chi connectivity index (χ0n) is 14.0. The number of sulfonamides is 1. The molecule has 1 N–H and O–H groups in total. The van der Waals surface area contributed by atoms with Gasteiger partial charge in [-0.1, -0.05) is 6.92 Å². The summed E-state index contributed by atoms with van der Waals surface area (Å²) in [4.78, 5) is 12.1. The van der Waals surface area contributed by atoms with Gasteiger partial charge in [0, 0.05) is 6.54 Å². The lowest BCUT2D eigenvalue weighted by Gasteiger charge is -2.30. The Bertz CT molecular complexity index is 588. The van der Waals surface area contributed by atoms with Gasteiger partial charge in [-0.15, -0.1) is 0 Å². The van der Waals surface area contributed by atoms with Gasteiger partial charge >= 0.3 is 21.5 Å². The summed E-state index contributed by atoms with van der Waals surface area (Å²) in [6, 6.07) is 0. The van der Waals surface area contributed by atoms with Crippen LogP contribution in [-0.2, 0) is 19.6 Å². The van der Waals surface area contributed by atoms with E-state index in [4.69, 9.17) is 4.74 Å². The van der Waals surface area contributed by atoms with E-state index >= 15 is 0 Å². The minimum atomic E-state index is -5.29. The molecule has 0 aromatic rings. The first-order chi connectivity index (χ1) is 10.9. The Hall–Kier alpha value is -0.830. The van der Waals surface area contributed by atoms with Crippen molar-refractivity contribution in [3.8, 4) is 0 Å². The average Bonchev–Trinajstić information content (AvgIpc) is 3.03. The summed E-state index contributed by atoms with van der Waals surface area (Å²) in [6.45, 7) is 5.32. The number of carbonyl (C=O) groups is 1. The van der Waals surface area contributed by atoms with E-state index in [-0.39, 0.29) is 36.4 Å². The molecular formula is C15H24F3NO4S. The summed E-state index contributed by atoms with van der Waals surface area (Å²) in [5.74, 6) is -0.196. The monoisotopic (exact) mass is 371 g/mol. The molecule has 0 saturated heterocycles. The topological polar surface area (TPSA) is 72.5 Å². The molecule has 0 spiro atoms. The molecule has 0 aliphatic heterocycles. The lowest BCUT2D eigenvalue weighted by Crippen LogP contribution is -2.41. The van der Waals surface area contributed by atoms with Crippen LogP contribution in [0.3, 0.4) is 0 Å². The predicted molar refractivity (Wildman–Crippen MR) is 81.3 cm³/mol. The van der Waals surface area contributed by atoms with Crippen molar-refractivity contribution in [3.63, 3.8) is 0 Å². The van der Waals surface area contributed by atoms with Gasteiger partial charge in [-0.05, 0) is 57.3 Å². The SMILES string of the molecule is CCC(C)(C)C(=O)OC1CC2CC1CC2CNS(=O)(=O)C(F)(F)F. The molecule has 4 atom stereocenters. The number of hydrogen-bond acceptors (Lipinski definition) is 4. The molecule has 0 aromatic carbocycles. The summed E-state index contributed by atoms with van der Waals surface area (Å²) in [6.07, 6.45) is 2.39. The third kappa shape index (κ3) is 3.87. The van der Waals surface area contributed by atoms with Crippen molar-refractivity contribution in [3.05, 3.63) is 0 Å². The highest BCUT2D eigenvalue weighted by atomic mass is 32.2. The fraction of sp³-hybridized carbons (Fsp3) is 0.933. The van der Waals surface area contributed by atoms with Crippen LogP contribution in [0.25, 0.3) is 0 Å². The molecule has 2 aliphatic rings. The number of fused-ring (bicyclic) bond motifs is 2. The van der Waals surface area contributed by atoms with E-state index in [1.807, 2.05) is 20.8 Å². The lowest BCUT2D eigenvalue weighted by molar-refractivity contribution is -0.162. The zero-order valence-corrected chi connectivity index (χ0v) is 14.8. The minimum Gasteiger partial charge on any atom is -0.462 e. The van der Waals surface area contributed by atoms with Crippen molar-refractivity contribution in [2.75, 3.05) is 6.54 Å². The molecule has 0 aromatic heterocycles. The van der Waals surface area contributed by atoms with Gasteiger partial charge < -0.3 is 4.74 Å². The summed E-state index contributed by atoms with van der Waals surface area (Å²) >= 11 is 0.